The van der Waals surface area contributed by atoms with E-state index in [0.29, 0.717) is 12.0 Å². The monoisotopic (exact) mass is 245 g/mol. The van der Waals surface area contributed by atoms with Crippen LogP contribution in [0.15, 0.2) is 18.5 Å². The third-order valence-electron chi connectivity index (χ3n) is 3.78. The molecule has 2 aromatic heterocycles. The first-order valence-corrected chi connectivity index (χ1v) is 6.51. The Hall–Kier alpha value is -1.78. The highest BCUT2D eigenvalue weighted by molar-refractivity contribution is 5.57. The molecule has 0 bridgehead atoms. The molecule has 96 valence electrons. The van der Waals surface area contributed by atoms with Crippen molar-refractivity contribution < 1.29 is 0 Å². The van der Waals surface area contributed by atoms with E-state index in [9.17, 15) is 0 Å². The summed E-state index contributed by atoms with van der Waals surface area (Å²) in [4.78, 5) is 4.36. The number of aromatic nitrogens is 4. The van der Waals surface area contributed by atoms with Crippen LogP contribution in [-0.4, -0.2) is 25.9 Å². The standard InChI is InChI=1S/C13H19N5/c1-4-11-9(2)8-15-12-7-10(16-18(11)12)13-14-5-6-17(13)3/h5-7,9,11,15H,4,8H2,1-3H3. The second-order valence-electron chi connectivity index (χ2n) is 5.05. The Balaban J connectivity index is 2.04. The maximum absolute atomic E-state index is 4.73. The summed E-state index contributed by atoms with van der Waals surface area (Å²) in [5, 5.41) is 8.17. The highest BCUT2D eigenvalue weighted by atomic mass is 15.4. The van der Waals surface area contributed by atoms with E-state index in [4.69, 9.17) is 5.10 Å². The number of rotatable bonds is 2. The van der Waals surface area contributed by atoms with E-state index in [-0.39, 0.29) is 0 Å². The Bertz CT molecular complexity index is 553. The molecule has 0 fully saturated rings. The average Bonchev–Trinajstić information content (AvgIpc) is 2.94. The molecule has 0 amide bonds. The van der Waals surface area contributed by atoms with E-state index in [1.54, 1.807) is 6.20 Å². The van der Waals surface area contributed by atoms with Gasteiger partial charge in [-0.25, -0.2) is 9.67 Å². The molecule has 0 saturated heterocycles. The molecule has 18 heavy (non-hydrogen) atoms. The molecule has 1 N–H and O–H groups in total. The molecular weight excluding hydrogens is 226 g/mol. The van der Waals surface area contributed by atoms with Gasteiger partial charge in [0.25, 0.3) is 0 Å². The molecule has 2 unspecified atom stereocenters. The van der Waals surface area contributed by atoms with Gasteiger partial charge in [0, 0.05) is 32.1 Å². The van der Waals surface area contributed by atoms with Gasteiger partial charge in [-0.1, -0.05) is 13.8 Å². The number of anilines is 1. The van der Waals surface area contributed by atoms with Crippen molar-refractivity contribution in [3.63, 3.8) is 0 Å². The predicted octanol–water partition coefficient (Wildman–Crippen LogP) is 2.30. The smallest absolute Gasteiger partial charge is 0.160 e. The van der Waals surface area contributed by atoms with E-state index in [1.807, 2.05) is 17.8 Å². The Morgan fingerprint density at radius 3 is 3.00 bits per heavy atom. The van der Waals surface area contributed by atoms with Crippen LogP contribution in [0.3, 0.4) is 0 Å². The van der Waals surface area contributed by atoms with Crippen molar-refractivity contribution in [2.75, 3.05) is 11.9 Å². The van der Waals surface area contributed by atoms with Crippen LogP contribution < -0.4 is 5.32 Å². The third-order valence-corrected chi connectivity index (χ3v) is 3.78. The molecular formula is C13H19N5. The number of fused-ring (bicyclic) bond motifs is 1. The van der Waals surface area contributed by atoms with Crippen LogP contribution in [0.5, 0.6) is 0 Å². The van der Waals surface area contributed by atoms with Crippen molar-refractivity contribution in [1.82, 2.24) is 19.3 Å². The maximum atomic E-state index is 4.73. The first-order valence-electron chi connectivity index (χ1n) is 6.51. The van der Waals surface area contributed by atoms with Gasteiger partial charge in [-0.3, -0.25) is 0 Å². The Labute approximate surface area is 107 Å². The molecule has 0 spiro atoms. The van der Waals surface area contributed by atoms with Crippen molar-refractivity contribution in [2.45, 2.75) is 26.3 Å². The number of nitrogens with zero attached hydrogens (tertiary/aromatic N) is 4. The van der Waals surface area contributed by atoms with Crippen molar-refractivity contribution in [1.29, 1.82) is 0 Å². The second kappa shape index (κ2) is 4.15. The number of nitrogens with one attached hydrogen (secondary N) is 1. The molecule has 5 nitrogen and oxygen atoms in total. The molecule has 2 aromatic rings. The number of aryl methyl sites for hydroxylation is 1. The van der Waals surface area contributed by atoms with Gasteiger partial charge in [0.1, 0.15) is 11.5 Å². The first-order chi connectivity index (χ1) is 8.70. The Kier molecular flexibility index (Phi) is 2.61. The van der Waals surface area contributed by atoms with Gasteiger partial charge < -0.3 is 9.88 Å². The van der Waals surface area contributed by atoms with Gasteiger partial charge in [0.2, 0.25) is 0 Å². The van der Waals surface area contributed by atoms with E-state index in [0.717, 1.165) is 30.3 Å². The molecule has 0 aliphatic carbocycles. The molecule has 5 heteroatoms. The average molecular weight is 245 g/mol. The van der Waals surface area contributed by atoms with Gasteiger partial charge in [-0.05, 0) is 12.3 Å². The molecule has 0 radical (unpaired) electrons. The lowest BCUT2D eigenvalue weighted by Crippen LogP contribution is -2.30. The van der Waals surface area contributed by atoms with Crippen LogP contribution in [-0.2, 0) is 7.05 Å². The molecule has 2 atom stereocenters. The lowest BCUT2D eigenvalue weighted by molar-refractivity contribution is 0.313. The molecule has 3 rings (SSSR count). The molecule has 3 heterocycles. The largest absolute Gasteiger partial charge is 0.370 e. The zero-order chi connectivity index (χ0) is 12.7. The van der Waals surface area contributed by atoms with Gasteiger partial charge in [0.15, 0.2) is 5.82 Å². The number of imidazole rings is 1. The lowest BCUT2D eigenvalue weighted by Gasteiger charge is -2.30. The summed E-state index contributed by atoms with van der Waals surface area (Å²) in [6.07, 6.45) is 4.86. The topological polar surface area (TPSA) is 47.7 Å². The van der Waals surface area contributed by atoms with Gasteiger partial charge in [0.05, 0.1) is 6.04 Å². The van der Waals surface area contributed by atoms with E-state index >= 15 is 0 Å². The van der Waals surface area contributed by atoms with Crippen molar-refractivity contribution in [2.24, 2.45) is 13.0 Å². The van der Waals surface area contributed by atoms with Crippen LogP contribution in [0.4, 0.5) is 5.82 Å². The SMILES string of the molecule is CCC1C(C)CNc2cc(-c3nccn3C)nn21. The van der Waals surface area contributed by atoms with E-state index < -0.39 is 0 Å². The zero-order valence-electron chi connectivity index (χ0n) is 11.1. The summed E-state index contributed by atoms with van der Waals surface area (Å²) in [7, 11) is 1.99. The fraction of sp³-hybridized carbons (Fsp3) is 0.538. The molecule has 1 aliphatic heterocycles. The Morgan fingerprint density at radius 1 is 1.50 bits per heavy atom. The van der Waals surface area contributed by atoms with Gasteiger partial charge in [-0.2, -0.15) is 5.10 Å². The summed E-state index contributed by atoms with van der Waals surface area (Å²) in [6.45, 7) is 5.51. The van der Waals surface area contributed by atoms with Crippen molar-refractivity contribution in [3.8, 4) is 11.5 Å². The van der Waals surface area contributed by atoms with E-state index in [2.05, 4.69) is 34.9 Å². The quantitative estimate of drug-likeness (QED) is 0.883. The van der Waals surface area contributed by atoms with Gasteiger partial charge in [-0.15, -0.1) is 0 Å². The minimum Gasteiger partial charge on any atom is -0.370 e. The third kappa shape index (κ3) is 1.62. The van der Waals surface area contributed by atoms with Crippen molar-refractivity contribution >= 4 is 5.82 Å². The van der Waals surface area contributed by atoms with Crippen LogP contribution in [0.25, 0.3) is 11.5 Å². The summed E-state index contributed by atoms with van der Waals surface area (Å²) < 4.78 is 4.12. The minimum absolute atomic E-state index is 0.482. The van der Waals surface area contributed by atoms with E-state index in [1.165, 1.54) is 0 Å². The fourth-order valence-corrected chi connectivity index (χ4v) is 2.72. The fourth-order valence-electron chi connectivity index (χ4n) is 2.72. The zero-order valence-corrected chi connectivity index (χ0v) is 11.1. The lowest BCUT2D eigenvalue weighted by atomic mass is 9.98. The van der Waals surface area contributed by atoms with Gasteiger partial charge >= 0.3 is 0 Å². The highest BCUT2D eigenvalue weighted by Crippen LogP contribution is 2.32. The van der Waals surface area contributed by atoms with Crippen LogP contribution in [0, 0.1) is 5.92 Å². The Morgan fingerprint density at radius 2 is 2.33 bits per heavy atom. The normalized spacial score (nSPS) is 22.6. The maximum Gasteiger partial charge on any atom is 0.160 e. The molecule has 0 saturated carbocycles. The summed E-state index contributed by atoms with van der Waals surface area (Å²) in [5.74, 6) is 2.63. The minimum atomic E-state index is 0.482. The molecule has 0 aromatic carbocycles. The summed E-state index contributed by atoms with van der Waals surface area (Å²) in [6, 6.07) is 2.58. The second-order valence-corrected chi connectivity index (χ2v) is 5.05. The number of hydrogen-bond donors (Lipinski definition) is 1. The summed E-state index contributed by atoms with van der Waals surface area (Å²) >= 11 is 0. The predicted molar refractivity (Wildman–Crippen MR) is 71.4 cm³/mol. The first kappa shape index (κ1) is 11.3. The summed E-state index contributed by atoms with van der Waals surface area (Å²) in [5.41, 5.74) is 0.942. The van der Waals surface area contributed by atoms with Crippen molar-refractivity contribution in [3.05, 3.63) is 18.5 Å². The van der Waals surface area contributed by atoms with Crippen LogP contribution in [0.1, 0.15) is 26.3 Å². The van der Waals surface area contributed by atoms with Crippen LogP contribution in [0.2, 0.25) is 0 Å². The van der Waals surface area contributed by atoms with Crippen LogP contribution >= 0.6 is 0 Å². The molecule has 1 aliphatic rings. The number of hydrogen-bond acceptors (Lipinski definition) is 3. The highest BCUT2D eigenvalue weighted by Gasteiger charge is 2.27.